The Labute approximate surface area is 96.7 Å². The first kappa shape index (κ1) is 11.6. The third-order valence-corrected chi connectivity index (χ3v) is 3.12. The maximum Gasteiger partial charge on any atom is 0.0572 e. The fraction of sp³-hybridized carbons (Fsp3) is 0.538. The van der Waals surface area contributed by atoms with Crippen molar-refractivity contribution in [1.82, 2.24) is 5.48 Å². The lowest BCUT2D eigenvalue weighted by Crippen LogP contribution is -2.18. The van der Waals surface area contributed by atoms with E-state index in [1.54, 1.807) is 7.11 Å². The van der Waals surface area contributed by atoms with E-state index in [-0.39, 0.29) is 0 Å². The van der Waals surface area contributed by atoms with Crippen molar-refractivity contribution in [1.29, 1.82) is 0 Å². The fourth-order valence-corrected chi connectivity index (χ4v) is 2.25. The number of nitrogens with one attached hydrogen (secondary N) is 1. The van der Waals surface area contributed by atoms with E-state index in [2.05, 4.69) is 29.7 Å². The van der Waals surface area contributed by atoms with Gasteiger partial charge >= 0.3 is 0 Å². The lowest BCUT2D eigenvalue weighted by atomic mass is 9.88. The molecule has 1 aromatic carbocycles. The van der Waals surface area contributed by atoms with Gasteiger partial charge in [-0.25, -0.2) is 0 Å². The summed E-state index contributed by atoms with van der Waals surface area (Å²) in [6, 6.07) is 8.58. The average Bonchev–Trinajstić information content (AvgIpc) is 2.38. The number of benzene rings is 1. The van der Waals surface area contributed by atoms with Gasteiger partial charge in [0.05, 0.1) is 7.11 Å². The van der Waals surface area contributed by atoms with E-state index >= 15 is 0 Å². The first-order valence-corrected chi connectivity index (χ1v) is 5.83. The number of ether oxygens (including phenoxy) is 1. The molecule has 1 heterocycles. The van der Waals surface area contributed by atoms with Crippen LogP contribution in [0.15, 0.2) is 24.3 Å². The topological polar surface area (TPSA) is 30.5 Å². The van der Waals surface area contributed by atoms with Crippen molar-refractivity contribution in [2.45, 2.75) is 25.3 Å². The number of hydrogen-bond acceptors (Lipinski definition) is 3. The Morgan fingerprint density at radius 2 is 2.06 bits per heavy atom. The predicted molar refractivity (Wildman–Crippen MR) is 63.1 cm³/mol. The van der Waals surface area contributed by atoms with Crippen molar-refractivity contribution in [3.8, 4) is 0 Å². The van der Waals surface area contributed by atoms with Gasteiger partial charge < -0.3 is 9.57 Å². The van der Waals surface area contributed by atoms with Crippen molar-refractivity contribution < 1.29 is 9.57 Å². The minimum absolute atomic E-state index is 0.642. The Balaban J connectivity index is 2.11. The Morgan fingerprint density at radius 1 is 1.31 bits per heavy atom. The Kier molecular flexibility index (Phi) is 4.34. The van der Waals surface area contributed by atoms with Gasteiger partial charge in [-0.2, -0.15) is 5.48 Å². The summed E-state index contributed by atoms with van der Waals surface area (Å²) in [7, 11) is 1.65. The molecule has 1 aliphatic rings. The molecule has 1 aromatic rings. The van der Waals surface area contributed by atoms with Crippen LogP contribution in [0.3, 0.4) is 0 Å². The second-order valence-corrected chi connectivity index (χ2v) is 4.11. The van der Waals surface area contributed by atoms with Crippen LogP contribution in [-0.4, -0.2) is 20.3 Å². The van der Waals surface area contributed by atoms with Crippen LogP contribution in [0.2, 0.25) is 0 Å². The highest BCUT2D eigenvalue weighted by atomic mass is 16.6. The van der Waals surface area contributed by atoms with Crippen LogP contribution in [0.4, 0.5) is 0 Å². The molecule has 2 rings (SSSR count). The molecule has 1 saturated heterocycles. The Hall–Kier alpha value is -0.900. The quantitative estimate of drug-likeness (QED) is 0.791. The van der Waals surface area contributed by atoms with Crippen LogP contribution in [0, 0.1) is 0 Å². The molecular formula is C13H19NO2. The summed E-state index contributed by atoms with van der Waals surface area (Å²) in [5.41, 5.74) is 5.68. The SMILES string of the molecule is CONCc1ccccc1C1CCOCC1. The lowest BCUT2D eigenvalue weighted by molar-refractivity contribution is 0.0813. The van der Waals surface area contributed by atoms with E-state index in [4.69, 9.17) is 9.57 Å². The predicted octanol–water partition coefficient (Wildman–Crippen LogP) is 2.23. The molecule has 0 aliphatic carbocycles. The molecule has 0 bridgehead atoms. The minimum Gasteiger partial charge on any atom is -0.381 e. The molecule has 1 fully saturated rings. The van der Waals surface area contributed by atoms with Crippen LogP contribution in [0.5, 0.6) is 0 Å². The second-order valence-electron chi connectivity index (χ2n) is 4.11. The first-order valence-electron chi connectivity index (χ1n) is 5.83. The zero-order valence-electron chi connectivity index (χ0n) is 9.74. The molecular weight excluding hydrogens is 202 g/mol. The molecule has 0 saturated carbocycles. The number of rotatable bonds is 4. The monoisotopic (exact) mass is 221 g/mol. The molecule has 88 valence electrons. The molecule has 0 spiro atoms. The van der Waals surface area contributed by atoms with Gasteiger partial charge in [-0.3, -0.25) is 0 Å². The highest BCUT2D eigenvalue weighted by Gasteiger charge is 2.18. The molecule has 0 atom stereocenters. The first-order chi connectivity index (χ1) is 7.92. The van der Waals surface area contributed by atoms with Crippen LogP contribution >= 0.6 is 0 Å². The Bertz CT molecular complexity index is 321. The van der Waals surface area contributed by atoms with Crippen molar-refractivity contribution in [2.24, 2.45) is 0 Å². The van der Waals surface area contributed by atoms with Gasteiger partial charge in [0.1, 0.15) is 0 Å². The summed E-state index contributed by atoms with van der Waals surface area (Å²) in [4.78, 5) is 4.91. The van der Waals surface area contributed by atoms with Crippen LogP contribution in [-0.2, 0) is 16.1 Å². The van der Waals surface area contributed by atoms with Gasteiger partial charge in [0, 0.05) is 19.8 Å². The lowest BCUT2D eigenvalue weighted by Gasteiger charge is -2.24. The maximum absolute atomic E-state index is 5.40. The molecule has 16 heavy (non-hydrogen) atoms. The van der Waals surface area contributed by atoms with E-state index < -0.39 is 0 Å². The third-order valence-electron chi connectivity index (χ3n) is 3.12. The van der Waals surface area contributed by atoms with Crippen LogP contribution in [0.1, 0.15) is 29.9 Å². The summed E-state index contributed by atoms with van der Waals surface area (Å²) >= 11 is 0. The maximum atomic E-state index is 5.40. The summed E-state index contributed by atoms with van der Waals surface area (Å²) in [6.45, 7) is 2.54. The van der Waals surface area contributed by atoms with Gasteiger partial charge in [-0.1, -0.05) is 24.3 Å². The molecule has 1 aliphatic heterocycles. The van der Waals surface area contributed by atoms with Crippen LogP contribution < -0.4 is 5.48 Å². The average molecular weight is 221 g/mol. The summed E-state index contributed by atoms with van der Waals surface area (Å²) < 4.78 is 5.40. The number of hydrogen-bond donors (Lipinski definition) is 1. The zero-order valence-corrected chi connectivity index (χ0v) is 9.74. The summed E-state index contributed by atoms with van der Waals surface area (Å²) in [5.74, 6) is 0.642. The normalized spacial score (nSPS) is 17.6. The van der Waals surface area contributed by atoms with Gasteiger partial charge in [0.2, 0.25) is 0 Å². The standard InChI is InChI=1S/C13H19NO2/c1-15-14-10-12-4-2-3-5-13(12)11-6-8-16-9-7-11/h2-5,11,14H,6-10H2,1H3. The highest BCUT2D eigenvalue weighted by molar-refractivity contribution is 5.30. The fourth-order valence-electron chi connectivity index (χ4n) is 2.25. The van der Waals surface area contributed by atoms with E-state index in [1.165, 1.54) is 11.1 Å². The van der Waals surface area contributed by atoms with Crippen molar-refractivity contribution >= 4 is 0 Å². The summed E-state index contributed by atoms with van der Waals surface area (Å²) in [5, 5.41) is 0. The zero-order chi connectivity index (χ0) is 11.2. The van der Waals surface area contributed by atoms with Gasteiger partial charge in [0.15, 0.2) is 0 Å². The highest BCUT2D eigenvalue weighted by Crippen LogP contribution is 2.29. The summed E-state index contributed by atoms with van der Waals surface area (Å²) in [6.07, 6.45) is 2.26. The molecule has 3 heteroatoms. The Morgan fingerprint density at radius 3 is 2.81 bits per heavy atom. The molecule has 3 nitrogen and oxygen atoms in total. The smallest absolute Gasteiger partial charge is 0.0572 e. The van der Waals surface area contributed by atoms with Crippen molar-refractivity contribution in [3.05, 3.63) is 35.4 Å². The van der Waals surface area contributed by atoms with Gasteiger partial charge in [-0.15, -0.1) is 0 Å². The molecule has 0 amide bonds. The molecule has 0 radical (unpaired) electrons. The molecule has 1 N–H and O–H groups in total. The van der Waals surface area contributed by atoms with E-state index in [1.807, 2.05) is 0 Å². The minimum atomic E-state index is 0.642. The third kappa shape index (κ3) is 2.82. The molecule has 0 unspecified atom stereocenters. The van der Waals surface area contributed by atoms with Crippen molar-refractivity contribution in [3.63, 3.8) is 0 Å². The van der Waals surface area contributed by atoms with E-state index in [0.717, 1.165) is 32.6 Å². The van der Waals surface area contributed by atoms with Gasteiger partial charge in [0.25, 0.3) is 0 Å². The van der Waals surface area contributed by atoms with Crippen molar-refractivity contribution in [2.75, 3.05) is 20.3 Å². The van der Waals surface area contributed by atoms with Crippen LogP contribution in [0.25, 0.3) is 0 Å². The van der Waals surface area contributed by atoms with Gasteiger partial charge in [-0.05, 0) is 29.9 Å². The largest absolute Gasteiger partial charge is 0.381 e. The second kappa shape index (κ2) is 5.99. The van der Waals surface area contributed by atoms with E-state index in [0.29, 0.717) is 5.92 Å². The van der Waals surface area contributed by atoms with E-state index in [9.17, 15) is 0 Å². The number of hydroxylamine groups is 1. The molecule has 0 aromatic heterocycles.